The van der Waals surface area contributed by atoms with E-state index in [2.05, 4.69) is 25.0 Å². The number of carbonyl (C=O) groups excluding carboxylic acids is 1. The molecule has 3 aliphatic heterocycles. The van der Waals surface area contributed by atoms with Crippen molar-refractivity contribution in [3.63, 3.8) is 0 Å². The smallest absolute Gasteiger partial charge is 0.387 e. The van der Waals surface area contributed by atoms with Gasteiger partial charge in [0.2, 0.25) is 0 Å². The van der Waals surface area contributed by atoms with E-state index < -0.39 is 36.4 Å². The van der Waals surface area contributed by atoms with E-state index >= 15 is 0 Å². The molecule has 0 spiro atoms. The number of fused-ring (bicyclic) bond motifs is 6. The normalized spacial score (nSPS) is 29.6. The lowest BCUT2D eigenvalue weighted by molar-refractivity contribution is -0.0959. The second-order valence-electron chi connectivity index (χ2n) is 10.0. The molecule has 8 nitrogen and oxygen atoms in total. The molecule has 13 heteroatoms. The zero-order valence-corrected chi connectivity index (χ0v) is 21.3. The van der Waals surface area contributed by atoms with Gasteiger partial charge < -0.3 is 35.2 Å². The quantitative estimate of drug-likeness (QED) is 0.468. The third kappa shape index (κ3) is 3.69. The van der Waals surface area contributed by atoms with Crippen LogP contribution in [0.4, 0.5) is 23.2 Å². The molecule has 2 aromatic rings. The fourth-order valence-electron chi connectivity index (χ4n) is 6.28. The molecule has 0 saturated carbocycles. The Kier molecular flexibility index (Phi) is 5.90. The Morgan fingerprint density at radius 2 is 2.05 bits per heavy atom. The molecule has 0 unspecified atom stereocenters. The number of pyridine rings is 1. The number of benzene rings is 1. The summed E-state index contributed by atoms with van der Waals surface area (Å²) in [4.78, 5) is 25.8. The van der Waals surface area contributed by atoms with Crippen LogP contribution in [0.2, 0.25) is 0 Å². The van der Waals surface area contributed by atoms with Crippen molar-refractivity contribution < 1.29 is 31.8 Å². The number of aromatic nitrogens is 1. The van der Waals surface area contributed by atoms with Crippen LogP contribution in [-0.2, 0) is 16.3 Å². The second kappa shape index (κ2) is 8.94. The first-order chi connectivity index (χ1) is 18.1. The molecule has 1 amide bonds. The van der Waals surface area contributed by atoms with E-state index in [1.165, 1.54) is 23.2 Å². The van der Waals surface area contributed by atoms with Gasteiger partial charge in [-0.15, -0.1) is 0 Å². The highest BCUT2D eigenvalue weighted by atomic mass is 28.1. The monoisotopic (exact) mass is 546 g/mol. The lowest BCUT2D eigenvalue weighted by Crippen LogP contribution is -2.64. The van der Waals surface area contributed by atoms with Crippen LogP contribution in [0.15, 0.2) is 35.5 Å². The minimum absolute atomic E-state index is 0.0210. The number of carbonyl (C=O) groups is 1. The number of nitrogens with two attached hydrogens (primary N) is 1. The average Bonchev–Trinajstić information content (AvgIpc) is 3.43. The van der Waals surface area contributed by atoms with Crippen LogP contribution in [0.3, 0.4) is 0 Å². The maximum absolute atomic E-state index is 14.1. The lowest BCUT2D eigenvalue weighted by atomic mass is 9.98. The van der Waals surface area contributed by atoms with Crippen LogP contribution in [-0.4, -0.2) is 74.7 Å². The van der Waals surface area contributed by atoms with Crippen LogP contribution >= 0.6 is 0 Å². The lowest BCUT2D eigenvalue weighted by Gasteiger charge is -2.59. The summed E-state index contributed by atoms with van der Waals surface area (Å²) in [7, 11) is 3.86. The van der Waals surface area contributed by atoms with Crippen LogP contribution < -0.4 is 10.5 Å². The number of hydrogen-bond donors (Lipinski definition) is 1. The second-order valence-corrected chi connectivity index (χ2v) is 10.8. The van der Waals surface area contributed by atoms with Crippen LogP contribution in [0, 0.1) is 0 Å². The zero-order chi connectivity index (χ0) is 26.9. The van der Waals surface area contributed by atoms with Crippen molar-refractivity contribution in [3.05, 3.63) is 52.8 Å². The highest BCUT2D eigenvalue weighted by Gasteiger charge is 2.48. The first-order valence-electron chi connectivity index (χ1n) is 12.3. The van der Waals surface area contributed by atoms with Gasteiger partial charge in [-0.1, -0.05) is 16.8 Å². The van der Waals surface area contributed by atoms with Gasteiger partial charge in [0.1, 0.15) is 11.4 Å². The molecule has 2 radical (unpaired) electrons. The summed E-state index contributed by atoms with van der Waals surface area (Å²) >= 11 is 0. The molecule has 38 heavy (non-hydrogen) atoms. The Hall–Kier alpha value is -3.19. The molecule has 200 valence electrons. The van der Waals surface area contributed by atoms with Crippen molar-refractivity contribution in [1.29, 1.82) is 0 Å². The van der Waals surface area contributed by atoms with E-state index in [9.17, 15) is 22.4 Å². The number of nitrogens with zero attached hydrogens (tertiary/aromatic N) is 4. The van der Waals surface area contributed by atoms with Crippen molar-refractivity contribution in [2.24, 2.45) is 10.7 Å². The van der Waals surface area contributed by atoms with E-state index in [1.54, 1.807) is 17.0 Å². The third-order valence-electron chi connectivity index (χ3n) is 7.87. The van der Waals surface area contributed by atoms with Crippen LogP contribution in [0.5, 0.6) is 5.75 Å². The number of morpholine rings is 1. The van der Waals surface area contributed by atoms with Crippen molar-refractivity contribution in [3.8, 4) is 5.75 Å². The van der Waals surface area contributed by atoms with Gasteiger partial charge in [-0.25, -0.2) is 18.8 Å². The predicted octanol–water partition coefficient (Wildman–Crippen LogP) is 3.22. The third-order valence-corrected chi connectivity index (χ3v) is 8.71. The van der Waals surface area contributed by atoms with E-state index in [0.717, 1.165) is 5.56 Å². The Morgan fingerprint density at radius 1 is 1.26 bits per heavy atom. The highest BCUT2D eigenvalue weighted by molar-refractivity contribution is 6.19. The van der Waals surface area contributed by atoms with Gasteiger partial charge in [0.05, 0.1) is 36.7 Å². The predicted molar refractivity (Wildman–Crippen MR) is 129 cm³/mol. The molecule has 1 aromatic heterocycles. The molecular weight excluding hydrogens is 522 g/mol. The molecule has 4 aliphatic rings. The van der Waals surface area contributed by atoms with Crippen LogP contribution in [0.1, 0.15) is 53.0 Å². The number of alkyl halides is 4. The maximum Gasteiger partial charge on any atom is 0.387 e. The largest absolute Gasteiger partial charge is 0.625 e. The minimum Gasteiger partial charge on any atom is -0.625 e. The molecule has 2 N–H and O–H groups in total. The molecule has 1 aliphatic carbocycles. The molecule has 2 fully saturated rings. The number of amides is 1. The summed E-state index contributed by atoms with van der Waals surface area (Å²) in [6.45, 7) is -0.850. The molecule has 4 heterocycles. The van der Waals surface area contributed by atoms with Gasteiger partial charge in [0, 0.05) is 11.6 Å². The fourth-order valence-corrected chi connectivity index (χ4v) is 7.03. The van der Waals surface area contributed by atoms with Crippen molar-refractivity contribution >= 4 is 27.8 Å². The van der Waals surface area contributed by atoms with Gasteiger partial charge in [-0.05, 0) is 49.9 Å². The fraction of sp³-hybridized carbons (Fsp3) is 0.480. The van der Waals surface area contributed by atoms with E-state index in [0.29, 0.717) is 29.7 Å². The molecular formula is C25H24F4N5O3Si-. The summed E-state index contributed by atoms with van der Waals surface area (Å²) in [5.74, 6) is -0.340. The van der Waals surface area contributed by atoms with Crippen molar-refractivity contribution in [1.82, 2.24) is 14.8 Å². The maximum atomic E-state index is 14.1. The van der Waals surface area contributed by atoms with Gasteiger partial charge in [-0.2, -0.15) is 8.78 Å². The van der Waals surface area contributed by atoms with Gasteiger partial charge in [0.15, 0.2) is 5.96 Å². The summed E-state index contributed by atoms with van der Waals surface area (Å²) in [6.07, 6.45) is -0.522. The molecule has 2 saturated heterocycles. The molecule has 0 bridgehead atoms. The first-order valence-corrected chi connectivity index (χ1v) is 12.8. The molecule has 5 atom stereocenters. The number of rotatable bonds is 4. The Labute approximate surface area is 219 Å². The topological polar surface area (TPSA) is 93.3 Å². The molecule has 1 aromatic carbocycles. The van der Waals surface area contributed by atoms with Gasteiger partial charge in [-0.3, -0.25) is 4.79 Å². The van der Waals surface area contributed by atoms with Gasteiger partial charge >= 0.3 is 6.61 Å². The van der Waals surface area contributed by atoms with Crippen molar-refractivity contribution in [2.45, 2.75) is 68.6 Å². The van der Waals surface area contributed by atoms with E-state index in [4.69, 9.17) is 10.5 Å². The van der Waals surface area contributed by atoms with Gasteiger partial charge in [0.25, 0.3) is 12.3 Å². The number of hydrogen-bond acceptors (Lipinski definition) is 7. The minimum atomic E-state index is -2.95. The van der Waals surface area contributed by atoms with Crippen LogP contribution in [0.25, 0.3) is 0 Å². The zero-order valence-electron chi connectivity index (χ0n) is 20.3. The van der Waals surface area contributed by atoms with Crippen molar-refractivity contribution in [2.75, 3.05) is 6.61 Å². The summed E-state index contributed by atoms with van der Waals surface area (Å²) in [5, 5.41) is -1.08. The SMILES string of the molecule is C[C@@H]1CO[C@@H]2Cc3cc(OC(F)F)ccc3[C@]2([Si-])N1C(=O)c1cc2c(cn1)N=C(N)N1[C@@H]2CC[C@@H]1C(F)F. The Bertz CT molecular complexity index is 1330. The highest BCUT2D eigenvalue weighted by Crippen LogP contribution is 2.48. The number of aliphatic imine (C=N–C) groups is 1. The number of ether oxygens (including phenoxy) is 2. The van der Waals surface area contributed by atoms with E-state index in [-0.39, 0.29) is 42.4 Å². The summed E-state index contributed by atoms with van der Waals surface area (Å²) < 4.78 is 63.4. The average molecular weight is 547 g/mol. The first kappa shape index (κ1) is 25.1. The molecule has 6 rings (SSSR count). The Morgan fingerprint density at radius 3 is 2.79 bits per heavy atom. The van der Waals surface area contributed by atoms with E-state index in [1.807, 2.05) is 6.92 Å². The summed E-state index contributed by atoms with van der Waals surface area (Å²) in [6, 6.07) is 4.41. The standard InChI is InChI=1S/C25H24F4N5O3Si/c1-11-10-36-20-7-12-6-13(37-23(28)29)2-3-15(12)25(20,38)34(11)22(35)16-8-14-17(9-31-16)32-24(30)33-18(14)4-5-19(33)21(26)27/h2-3,6,8-9,11,18-21,23H,4-5,7,10H2,1H3,(H2,30,32)/q-1/t11-,18-,19-,20-,25-/m1/s1. The number of guanidine groups is 1. The Balaban J connectivity index is 1.37. The summed E-state index contributed by atoms with van der Waals surface area (Å²) in [5.41, 5.74) is 8.66. The number of halogens is 4.